The molecule has 0 saturated heterocycles. The molecule has 1 heterocycles. The summed E-state index contributed by atoms with van der Waals surface area (Å²) in [5.74, 6) is 1.39. The fraction of sp³-hybridized carbons (Fsp3) is 0.231. The van der Waals surface area contributed by atoms with Gasteiger partial charge in [-0.1, -0.05) is 0 Å². The molecule has 2 aromatic rings. The van der Waals surface area contributed by atoms with Crippen molar-refractivity contribution in [3.63, 3.8) is 0 Å². The minimum absolute atomic E-state index is 0.503. The molecule has 0 spiro atoms. The van der Waals surface area contributed by atoms with Crippen LogP contribution in [0.5, 0.6) is 11.5 Å². The van der Waals surface area contributed by atoms with Crippen LogP contribution in [0, 0.1) is 0 Å². The number of nitrogens with zero attached hydrogens (tertiary/aromatic N) is 1. The second kappa shape index (κ2) is 6.76. The van der Waals surface area contributed by atoms with Crippen molar-refractivity contribution in [2.24, 2.45) is 0 Å². The molecule has 6 nitrogen and oxygen atoms in total. The van der Waals surface area contributed by atoms with Gasteiger partial charge in [-0.3, -0.25) is 5.10 Å². The summed E-state index contributed by atoms with van der Waals surface area (Å²) in [5, 5.41) is 13.4. The van der Waals surface area contributed by atoms with Crippen LogP contribution in [0.25, 0.3) is 0 Å². The van der Waals surface area contributed by atoms with E-state index in [-0.39, 0.29) is 0 Å². The van der Waals surface area contributed by atoms with Crippen LogP contribution in [0.15, 0.2) is 30.5 Å². The summed E-state index contributed by atoms with van der Waals surface area (Å²) in [4.78, 5) is 0. The summed E-state index contributed by atoms with van der Waals surface area (Å²) in [6, 6.07) is 7.35. The number of aromatic amines is 1. The smallest absolute Gasteiger partial charge is 0.171 e. The largest absolute Gasteiger partial charge is 0.497 e. The number of H-pyrrole nitrogens is 1. The molecule has 3 N–H and O–H groups in total. The topological polar surface area (TPSA) is 71.2 Å². The molecule has 1 aromatic carbocycles. The SMILES string of the molecule is COc1ccc(NC(=S)NCc2ccn[nH]2)c(OC)c1. The molecule has 0 saturated carbocycles. The molecule has 0 fully saturated rings. The fourth-order valence-electron chi connectivity index (χ4n) is 1.63. The summed E-state index contributed by atoms with van der Waals surface area (Å²) in [6.07, 6.45) is 1.69. The first kappa shape index (κ1) is 14.1. The van der Waals surface area contributed by atoms with Gasteiger partial charge in [-0.25, -0.2) is 0 Å². The van der Waals surface area contributed by atoms with Gasteiger partial charge in [0.25, 0.3) is 0 Å². The highest BCUT2D eigenvalue weighted by Gasteiger charge is 2.06. The molecular formula is C13H16N4O2S. The van der Waals surface area contributed by atoms with E-state index in [9.17, 15) is 0 Å². The number of aromatic nitrogens is 2. The van der Waals surface area contributed by atoms with E-state index in [1.165, 1.54) is 0 Å². The first-order valence-electron chi connectivity index (χ1n) is 5.98. The lowest BCUT2D eigenvalue weighted by Crippen LogP contribution is -2.28. The molecule has 0 radical (unpaired) electrons. The predicted molar refractivity (Wildman–Crippen MR) is 81.2 cm³/mol. The third kappa shape index (κ3) is 3.61. The van der Waals surface area contributed by atoms with Crippen molar-refractivity contribution >= 4 is 23.0 Å². The van der Waals surface area contributed by atoms with Crippen LogP contribution in [0.4, 0.5) is 5.69 Å². The number of hydrogen-bond donors (Lipinski definition) is 3. The molecule has 1 aromatic heterocycles. The Bertz CT molecular complexity index is 572. The molecule has 106 valence electrons. The van der Waals surface area contributed by atoms with Crippen LogP contribution in [0.3, 0.4) is 0 Å². The molecular weight excluding hydrogens is 276 g/mol. The van der Waals surface area contributed by atoms with Gasteiger partial charge < -0.3 is 20.1 Å². The van der Waals surface area contributed by atoms with Gasteiger partial charge in [0.1, 0.15) is 11.5 Å². The van der Waals surface area contributed by atoms with E-state index in [0.717, 1.165) is 17.1 Å². The summed E-state index contributed by atoms with van der Waals surface area (Å²) < 4.78 is 10.4. The molecule has 0 amide bonds. The van der Waals surface area contributed by atoms with E-state index in [0.29, 0.717) is 17.4 Å². The predicted octanol–water partition coefficient (Wildman–Crippen LogP) is 1.91. The summed E-state index contributed by atoms with van der Waals surface area (Å²) in [6.45, 7) is 0.574. The van der Waals surface area contributed by atoms with Crippen LogP contribution < -0.4 is 20.1 Å². The number of rotatable bonds is 5. The Hall–Kier alpha value is -2.28. The molecule has 0 unspecified atom stereocenters. The summed E-state index contributed by atoms with van der Waals surface area (Å²) in [7, 11) is 3.21. The number of thiocarbonyl (C=S) groups is 1. The maximum Gasteiger partial charge on any atom is 0.171 e. The van der Waals surface area contributed by atoms with Crippen molar-refractivity contribution in [2.75, 3.05) is 19.5 Å². The van der Waals surface area contributed by atoms with Gasteiger partial charge in [-0.05, 0) is 30.4 Å². The van der Waals surface area contributed by atoms with Gasteiger partial charge in [0.05, 0.1) is 32.1 Å². The van der Waals surface area contributed by atoms with E-state index in [4.69, 9.17) is 21.7 Å². The Balaban J connectivity index is 1.96. The quantitative estimate of drug-likeness (QED) is 0.731. The Kier molecular flexibility index (Phi) is 4.78. The Morgan fingerprint density at radius 3 is 2.80 bits per heavy atom. The van der Waals surface area contributed by atoms with Crippen LogP contribution in [0.2, 0.25) is 0 Å². The maximum absolute atomic E-state index is 5.29. The molecule has 0 atom stereocenters. The van der Waals surface area contributed by atoms with Crippen molar-refractivity contribution in [2.45, 2.75) is 6.54 Å². The van der Waals surface area contributed by atoms with Crippen LogP contribution in [-0.4, -0.2) is 29.5 Å². The summed E-state index contributed by atoms with van der Waals surface area (Å²) >= 11 is 5.23. The Morgan fingerprint density at radius 2 is 2.15 bits per heavy atom. The average molecular weight is 292 g/mol. The minimum atomic E-state index is 0.503. The van der Waals surface area contributed by atoms with Gasteiger partial charge in [0.2, 0.25) is 0 Å². The number of nitrogens with one attached hydrogen (secondary N) is 3. The van der Waals surface area contributed by atoms with E-state index in [1.807, 2.05) is 18.2 Å². The van der Waals surface area contributed by atoms with Gasteiger partial charge in [0.15, 0.2) is 5.11 Å². The molecule has 0 aliphatic rings. The fourth-order valence-corrected chi connectivity index (χ4v) is 1.81. The zero-order chi connectivity index (χ0) is 14.4. The van der Waals surface area contributed by atoms with Crippen molar-refractivity contribution < 1.29 is 9.47 Å². The van der Waals surface area contributed by atoms with E-state index in [2.05, 4.69) is 20.8 Å². The molecule has 7 heteroatoms. The minimum Gasteiger partial charge on any atom is -0.497 e. The number of hydrogen-bond acceptors (Lipinski definition) is 4. The Labute approximate surface area is 122 Å². The van der Waals surface area contributed by atoms with Crippen LogP contribution in [0.1, 0.15) is 5.69 Å². The second-order valence-corrected chi connectivity index (χ2v) is 4.36. The number of benzene rings is 1. The van der Waals surface area contributed by atoms with Crippen molar-refractivity contribution in [3.05, 3.63) is 36.2 Å². The third-order valence-corrected chi connectivity index (χ3v) is 2.90. The molecule has 2 rings (SSSR count). The number of ether oxygens (including phenoxy) is 2. The highest BCUT2D eigenvalue weighted by Crippen LogP contribution is 2.28. The monoisotopic (exact) mass is 292 g/mol. The van der Waals surface area contributed by atoms with E-state index < -0.39 is 0 Å². The molecule has 0 bridgehead atoms. The van der Waals surface area contributed by atoms with Crippen LogP contribution >= 0.6 is 12.2 Å². The highest BCUT2D eigenvalue weighted by molar-refractivity contribution is 7.80. The second-order valence-electron chi connectivity index (χ2n) is 3.96. The summed E-state index contributed by atoms with van der Waals surface area (Å²) in [5.41, 5.74) is 1.73. The average Bonchev–Trinajstić information content (AvgIpc) is 2.99. The van der Waals surface area contributed by atoms with Crippen LogP contribution in [-0.2, 0) is 6.54 Å². The van der Waals surface area contributed by atoms with E-state index in [1.54, 1.807) is 26.5 Å². The van der Waals surface area contributed by atoms with E-state index >= 15 is 0 Å². The number of anilines is 1. The van der Waals surface area contributed by atoms with Crippen molar-refractivity contribution in [3.8, 4) is 11.5 Å². The third-order valence-electron chi connectivity index (χ3n) is 2.65. The zero-order valence-corrected chi connectivity index (χ0v) is 12.1. The maximum atomic E-state index is 5.29. The zero-order valence-electron chi connectivity index (χ0n) is 11.3. The lowest BCUT2D eigenvalue weighted by molar-refractivity contribution is 0.395. The Morgan fingerprint density at radius 1 is 1.30 bits per heavy atom. The normalized spacial score (nSPS) is 9.90. The van der Waals surface area contributed by atoms with Gasteiger partial charge in [-0.15, -0.1) is 0 Å². The highest BCUT2D eigenvalue weighted by atomic mass is 32.1. The standard InChI is InChI=1S/C13H16N4O2S/c1-18-10-3-4-11(12(7-10)19-2)16-13(20)14-8-9-5-6-15-17-9/h3-7H,8H2,1-2H3,(H,15,17)(H2,14,16,20). The first-order chi connectivity index (χ1) is 9.72. The molecule has 20 heavy (non-hydrogen) atoms. The van der Waals surface area contributed by atoms with Gasteiger partial charge in [0, 0.05) is 12.3 Å². The first-order valence-corrected chi connectivity index (χ1v) is 6.39. The van der Waals surface area contributed by atoms with Crippen molar-refractivity contribution in [1.82, 2.24) is 15.5 Å². The molecule has 0 aliphatic heterocycles. The lowest BCUT2D eigenvalue weighted by Gasteiger charge is -2.13. The number of methoxy groups -OCH3 is 2. The van der Waals surface area contributed by atoms with Gasteiger partial charge in [-0.2, -0.15) is 5.10 Å². The lowest BCUT2D eigenvalue weighted by atomic mass is 10.2. The van der Waals surface area contributed by atoms with Crippen molar-refractivity contribution in [1.29, 1.82) is 0 Å². The van der Waals surface area contributed by atoms with Gasteiger partial charge >= 0.3 is 0 Å². The molecule has 0 aliphatic carbocycles.